The van der Waals surface area contributed by atoms with E-state index in [4.69, 9.17) is 11.6 Å². The maximum absolute atomic E-state index is 11.4. The van der Waals surface area contributed by atoms with E-state index < -0.39 is 9.84 Å². The van der Waals surface area contributed by atoms with Gasteiger partial charge in [-0.05, 0) is 18.6 Å². The average Bonchev–Trinajstić information content (AvgIpc) is 2.88. The highest BCUT2D eigenvalue weighted by molar-refractivity contribution is 7.91. The van der Waals surface area contributed by atoms with Crippen LogP contribution in [0.1, 0.15) is 12.2 Å². The van der Waals surface area contributed by atoms with Crippen molar-refractivity contribution in [1.29, 1.82) is 0 Å². The molecule has 1 unspecified atom stereocenters. The maximum atomic E-state index is 11.4. The van der Waals surface area contributed by atoms with Gasteiger partial charge >= 0.3 is 0 Å². The lowest BCUT2D eigenvalue weighted by molar-refractivity contribution is 0.535. The van der Waals surface area contributed by atoms with Crippen LogP contribution in [0, 0.1) is 0 Å². The molecule has 20 heavy (non-hydrogen) atoms. The summed E-state index contributed by atoms with van der Waals surface area (Å²) in [5.74, 6) is 1.36. The van der Waals surface area contributed by atoms with Crippen molar-refractivity contribution < 1.29 is 8.42 Å². The SMILES string of the molecule is Cn1c(CNC2CCS(=O)(=O)C2)nc2cccc(Cl)c21. The summed E-state index contributed by atoms with van der Waals surface area (Å²) < 4.78 is 24.8. The van der Waals surface area contributed by atoms with Crippen LogP contribution in [0.3, 0.4) is 0 Å². The zero-order chi connectivity index (χ0) is 14.3. The number of aryl methyl sites for hydroxylation is 1. The molecule has 2 aromatic rings. The number of hydrogen-bond acceptors (Lipinski definition) is 4. The first kappa shape index (κ1) is 13.9. The third kappa shape index (κ3) is 2.55. The van der Waals surface area contributed by atoms with Gasteiger partial charge < -0.3 is 9.88 Å². The molecular weight excluding hydrogens is 298 g/mol. The standard InChI is InChI=1S/C13H16ClN3O2S/c1-17-12(7-15-9-5-6-20(18,19)8-9)16-11-4-2-3-10(14)13(11)17/h2-4,9,15H,5-8H2,1H3. The highest BCUT2D eigenvalue weighted by Crippen LogP contribution is 2.23. The molecule has 1 aliphatic rings. The number of halogens is 1. The number of hydrogen-bond donors (Lipinski definition) is 1. The quantitative estimate of drug-likeness (QED) is 0.933. The van der Waals surface area contributed by atoms with Gasteiger partial charge in [-0.3, -0.25) is 0 Å². The van der Waals surface area contributed by atoms with Crippen molar-refractivity contribution in [1.82, 2.24) is 14.9 Å². The number of aromatic nitrogens is 2. The Morgan fingerprint density at radius 3 is 2.95 bits per heavy atom. The van der Waals surface area contributed by atoms with E-state index in [0.717, 1.165) is 16.9 Å². The molecule has 0 saturated carbocycles. The second-order valence-electron chi connectivity index (χ2n) is 5.18. The molecule has 2 heterocycles. The maximum Gasteiger partial charge on any atom is 0.151 e. The summed E-state index contributed by atoms with van der Waals surface area (Å²) in [5.41, 5.74) is 1.76. The molecule has 1 aromatic heterocycles. The lowest BCUT2D eigenvalue weighted by Gasteiger charge is -2.10. The highest BCUT2D eigenvalue weighted by atomic mass is 35.5. The Labute approximate surface area is 122 Å². The second kappa shape index (κ2) is 5.02. The largest absolute Gasteiger partial charge is 0.329 e. The summed E-state index contributed by atoms with van der Waals surface area (Å²) in [5, 5.41) is 3.94. The number of nitrogens with one attached hydrogen (secondary N) is 1. The van der Waals surface area contributed by atoms with Gasteiger partial charge in [0.1, 0.15) is 5.82 Å². The molecule has 1 aliphatic heterocycles. The summed E-state index contributed by atoms with van der Waals surface area (Å²) in [6, 6.07) is 5.66. The van der Waals surface area contributed by atoms with Crippen molar-refractivity contribution in [3.8, 4) is 0 Å². The minimum Gasteiger partial charge on any atom is -0.329 e. The van der Waals surface area contributed by atoms with Crippen molar-refractivity contribution in [2.45, 2.75) is 19.0 Å². The van der Waals surface area contributed by atoms with Gasteiger partial charge in [0.2, 0.25) is 0 Å². The molecular formula is C13H16ClN3O2S. The van der Waals surface area contributed by atoms with Crippen LogP contribution in [-0.4, -0.2) is 35.5 Å². The summed E-state index contributed by atoms with van der Waals surface area (Å²) in [6.45, 7) is 0.543. The molecule has 0 amide bonds. The van der Waals surface area contributed by atoms with Crippen LogP contribution in [0.5, 0.6) is 0 Å². The van der Waals surface area contributed by atoms with Crippen molar-refractivity contribution in [3.05, 3.63) is 29.0 Å². The average molecular weight is 314 g/mol. The normalized spacial score (nSPS) is 21.6. The van der Waals surface area contributed by atoms with Crippen LogP contribution in [0.4, 0.5) is 0 Å². The lowest BCUT2D eigenvalue weighted by Crippen LogP contribution is -2.30. The Balaban J connectivity index is 1.79. The number of rotatable bonds is 3. The van der Waals surface area contributed by atoms with Crippen molar-refractivity contribution in [3.63, 3.8) is 0 Å². The first-order valence-electron chi connectivity index (χ1n) is 6.50. The van der Waals surface area contributed by atoms with Gasteiger partial charge in [0.25, 0.3) is 0 Å². The van der Waals surface area contributed by atoms with Gasteiger partial charge in [-0.1, -0.05) is 17.7 Å². The third-order valence-electron chi connectivity index (χ3n) is 3.72. The van der Waals surface area contributed by atoms with E-state index in [1.54, 1.807) is 0 Å². The Kier molecular flexibility index (Phi) is 3.48. The number of fused-ring (bicyclic) bond motifs is 1. The van der Waals surface area contributed by atoms with Gasteiger partial charge in [0.15, 0.2) is 9.84 Å². The van der Waals surface area contributed by atoms with Gasteiger partial charge in [0, 0.05) is 13.1 Å². The van der Waals surface area contributed by atoms with Gasteiger partial charge in [-0.15, -0.1) is 0 Å². The highest BCUT2D eigenvalue weighted by Gasteiger charge is 2.27. The van der Waals surface area contributed by atoms with Gasteiger partial charge in [0.05, 0.1) is 34.1 Å². The molecule has 1 aromatic carbocycles. The molecule has 108 valence electrons. The fraction of sp³-hybridized carbons (Fsp3) is 0.462. The second-order valence-corrected chi connectivity index (χ2v) is 7.81. The number of sulfone groups is 1. The van der Waals surface area contributed by atoms with E-state index in [1.807, 2.05) is 29.8 Å². The third-order valence-corrected chi connectivity index (χ3v) is 5.79. The fourth-order valence-corrected chi connectivity index (χ4v) is 4.62. The zero-order valence-corrected chi connectivity index (χ0v) is 12.7. The minimum absolute atomic E-state index is 0.0234. The summed E-state index contributed by atoms with van der Waals surface area (Å²) >= 11 is 6.18. The summed E-state index contributed by atoms with van der Waals surface area (Å²) in [6.07, 6.45) is 0.674. The molecule has 1 atom stereocenters. The monoisotopic (exact) mass is 313 g/mol. The molecule has 7 heteroatoms. The van der Waals surface area contributed by atoms with Crippen LogP contribution in [0.15, 0.2) is 18.2 Å². The number of benzene rings is 1. The first-order valence-corrected chi connectivity index (χ1v) is 8.70. The molecule has 0 aliphatic carbocycles. The number of para-hydroxylation sites is 1. The molecule has 0 spiro atoms. The van der Waals surface area contributed by atoms with E-state index in [2.05, 4.69) is 10.3 Å². The molecule has 1 saturated heterocycles. The molecule has 3 rings (SSSR count). The minimum atomic E-state index is -2.85. The van der Waals surface area contributed by atoms with Gasteiger partial charge in [-0.25, -0.2) is 13.4 Å². The Morgan fingerprint density at radius 2 is 2.30 bits per heavy atom. The fourth-order valence-electron chi connectivity index (χ4n) is 2.62. The Morgan fingerprint density at radius 1 is 1.50 bits per heavy atom. The van der Waals surface area contributed by atoms with E-state index in [0.29, 0.717) is 18.0 Å². The van der Waals surface area contributed by atoms with E-state index in [1.165, 1.54) is 0 Å². The predicted octanol–water partition coefficient (Wildman–Crippen LogP) is 1.50. The lowest BCUT2D eigenvalue weighted by atomic mass is 10.2. The van der Waals surface area contributed by atoms with Gasteiger partial charge in [-0.2, -0.15) is 0 Å². The molecule has 1 fully saturated rings. The summed E-state index contributed by atoms with van der Waals surface area (Å²) in [4.78, 5) is 4.54. The van der Waals surface area contributed by atoms with Crippen LogP contribution in [-0.2, 0) is 23.4 Å². The molecule has 0 radical (unpaired) electrons. The Bertz CT molecular complexity index is 754. The topological polar surface area (TPSA) is 64.0 Å². The predicted molar refractivity (Wildman–Crippen MR) is 79.6 cm³/mol. The number of nitrogens with zero attached hydrogens (tertiary/aromatic N) is 2. The molecule has 1 N–H and O–H groups in total. The van der Waals surface area contributed by atoms with Crippen LogP contribution >= 0.6 is 11.6 Å². The van der Waals surface area contributed by atoms with Crippen molar-refractivity contribution >= 4 is 32.5 Å². The van der Waals surface area contributed by atoms with Crippen molar-refractivity contribution in [2.75, 3.05) is 11.5 Å². The van der Waals surface area contributed by atoms with E-state index in [9.17, 15) is 8.42 Å². The smallest absolute Gasteiger partial charge is 0.151 e. The van der Waals surface area contributed by atoms with E-state index >= 15 is 0 Å². The van der Waals surface area contributed by atoms with Crippen LogP contribution in [0.2, 0.25) is 5.02 Å². The van der Waals surface area contributed by atoms with Crippen LogP contribution in [0.25, 0.3) is 11.0 Å². The Hall–Kier alpha value is -1.11. The van der Waals surface area contributed by atoms with Crippen molar-refractivity contribution in [2.24, 2.45) is 7.05 Å². The van der Waals surface area contributed by atoms with Crippen LogP contribution < -0.4 is 5.32 Å². The summed E-state index contributed by atoms with van der Waals surface area (Å²) in [7, 11) is -0.932. The van der Waals surface area contributed by atoms with E-state index in [-0.39, 0.29) is 17.5 Å². The molecule has 5 nitrogen and oxygen atoms in total. The zero-order valence-electron chi connectivity index (χ0n) is 11.1. The first-order chi connectivity index (χ1) is 9.46. The number of imidazole rings is 1. The molecule has 0 bridgehead atoms.